The first kappa shape index (κ1) is 22.4. The Morgan fingerprint density at radius 2 is 2.00 bits per heavy atom. The number of amides is 1. The van der Waals surface area contributed by atoms with Crippen LogP contribution in [0.4, 0.5) is 10.1 Å². The standard InChI is InChI=1S/C22H21FN2O5/c1-14-4-7-17(13-18(14)23)25-22(27)15(2)30-21(26)9-6-16-5-8-19(29-11-10-24)20(12-16)28-3/h4-9,12-13,15H,11H2,1-3H3,(H,25,27)/b9-6+/t15-/m0/s1. The number of rotatable bonds is 8. The van der Waals surface area contributed by atoms with Crippen molar-refractivity contribution in [1.29, 1.82) is 5.26 Å². The molecular formula is C22H21FN2O5. The first-order chi connectivity index (χ1) is 14.3. The van der Waals surface area contributed by atoms with E-state index in [1.807, 2.05) is 6.07 Å². The molecule has 0 aliphatic rings. The van der Waals surface area contributed by atoms with E-state index in [1.165, 1.54) is 38.3 Å². The molecular weight excluding hydrogens is 391 g/mol. The van der Waals surface area contributed by atoms with Gasteiger partial charge < -0.3 is 19.5 Å². The van der Waals surface area contributed by atoms with Gasteiger partial charge in [0, 0.05) is 11.8 Å². The largest absolute Gasteiger partial charge is 0.493 e. The lowest BCUT2D eigenvalue weighted by Crippen LogP contribution is -2.29. The van der Waals surface area contributed by atoms with Crippen molar-refractivity contribution in [2.75, 3.05) is 19.0 Å². The topological polar surface area (TPSA) is 97.7 Å². The SMILES string of the molecule is COc1cc(/C=C/C(=O)O[C@@H](C)C(=O)Nc2ccc(C)c(F)c2)ccc1OCC#N. The van der Waals surface area contributed by atoms with Crippen LogP contribution in [0.2, 0.25) is 0 Å². The minimum absolute atomic E-state index is 0.118. The zero-order chi connectivity index (χ0) is 22.1. The highest BCUT2D eigenvalue weighted by molar-refractivity contribution is 5.96. The van der Waals surface area contributed by atoms with Crippen LogP contribution in [0.1, 0.15) is 18.1 Å². The molecule has 1 atom stereocenters. The van der Waals surface area contributed by atoms with Gasteiger partial charge in [0.15, 0.2) is 24.2 Å². The number of nitriles is 1. The van der Waals surface area contributed by atoms with Gasteiger partial charge in [-0.05, 0) is 55.3 Å². The lowest BCUT2D eigenvalue weighted by Gasteiger charge is -2.13. The molecule has 2 aromatic carbocycles. The summed E-state index contributed by atoms with van der Waals surface area (Å²) in [6.07, 6.45) is 1.57. The molecule has 0 bridgehead atoms. The third kappa shape index (κ3) is 6.34. The molecule has 2 aromatic rings. The number of carbonyl (C=O) groups excluding carboxylic acids is 2. The number of benzene rings is 2. The summed E-state index contributed by atoms with van der Waals surface area (Å²) in [6.45, 7) is 2.91. The number of nitrogens with one attached hydrogen (secondary N) is 1. The predicted octanol–water partition coefficient (Wildman–Crippen LogP) is 3.63. The van der Waals surface area contributed by atoms with E-state index < -0.39 is 23.8 Å². The quantitative estimate of drug-likeness (QED) is 0.525. The van der Waals surface area contributed by atoms with E-state index in [0.29, 0.717) is 22.6 Å². The van der Waals surface area contributed by atoms with Crippen molar-refractivity contribution in [2.45, 2.75) is 20.0 Å². The van der Waals surface area contributed by atoms with Crippen molar-refractivity contribution in [2.24, 2.45) is 0 Å². The number of esters is 1. The first-order valence-electron chi connectivity index (χ1n) is 8.97. The molecule has 0 spiro atoms. The van der Waals surface area contributed by atoms with E-state index in [4.69, 9.17) is 19.5 Å². The number of hydrogen-bond acceptors (Lipinski definition) is 6. The Morgan fingerprint density at radius 3 is 2.67 bits per heavy atom. The van der Waals surface area contributed by atoms with E-state index in [9.17, 15) is 14.0 Å². The molecule has 0 unspecified atom stereocenters. The second kappa shape index (κ2) is 10.6. The van der Waals surface area contributed by atoms with Crippen molar-refractivity contribution >= 4 is 23.6 Å². The minimum Gasteiger partial charge on any atom is -0.493 e. The van der Waals surface area contributed by atoms with E-state index >= 15 is 0 Å². The van der Waals surface area contributed by atoms with Crippen molar-refractivity contribution in [3.05, 3.63) is 59.4 Å². The van der Waals surface area contributed by atoms with Crippen LogP contribution in [-0.2, 0) is 14.3 Å². The summed E-state index contributed by atoms with van der Waals surface area (Å²) in [4.78, 5) is 24.1. The average molecular weight is 412 g/mol. The molecule has 30 heavy (non-hydrogen) atoms. The van der Waals surface area contributed by atoms with Gasteiger partial charge in [0.2, 0.25) is 0 Å². The summed E-state index contributed by atoms with van der Waals surface area (Å²) < 4.78 is 29.1. The highest BCUT2D eigenvalue weighted by Crippen LogP contribution is 2.28. The van der Waals surface area contributed by atoms with Gasteiger partial charge in [-0.15, -0.1) is 0 Å². The zero-order valence-corrected chi connectivity index (χ0v) is 16.8. The van der Waals surface area contributed by atoms with Gasteiger partial charge in [-0.25, -0.2) is 9.18 Å². The van der Waals surface area contributed by atoms with Gasteiger partial charge in [0.25, 0.3) is 5.91 Å². The third-order valence-corrected chi connectivity index (χ3v) is 3.99. The molecule has 1 N–H and O–H groups in total. The van der Waals surface area contributed by atoms with Crippen molar-refractivity contribution in [3.8, 4) is 17.6 Å². The molecule has 0 fully saturated rings. The van der Waals surface area contributed by atoms with Gasteiger partial charge in [0.1, 0.15) is 11.9 Å². The number of halogens is 1. The van der Waals surface area contributed by atoms with Crippen molar-refractivity contribution < 1.29 is 28.2 Å². The van der Waals surface area contributed by atoms with Crippen molar-refractivity contribution in [3.63, 3.8) is 0 Å². The number of anilines is 1. The van der Waals surface area contributed by atoms with Crippen LogP contribution in [0.3, 0.4) is 0 Å². The number of ether oxygens (including phenoxy) is 3. The second-order valence-electron chi connectivity index (χ2n) is 6.22. The van der Waals surface area contributed by atoms with Crippen LogP contribution in [0.5, 0.6) is 11.5 Å². The van der Waals surface area contributed by atoms with Crippen molar-refractivity contribution in [1.82, 2.24) is 0 Å². The fourth-order valence-corrected chi connectivity index (χ4v) is 2.36. The number of hydrogen-bond donors (Lipinski definition) is 1. The fraction of sp³-hybridized carbons (Fsp3) is 0.227. The molecule has 0 aliphatic carbocycles. The van der Waals surface area contributed by atoms with Crippen LogP contribution < -0.4 is 14.8 Å². The summed E-state index contributed by atoms with van der Waals surface area (Å²) in [7, 11) is 1.45. The molecule has 2 rings (SSSR count). The molecule has 156 valence electrons. The number of carbonyl (C=O) groups is 2. The highest BCUT2D eigenvalue weighted by Gasteiger charge is 2.17. The van der Waals surface area contributed by atoms with Crippen LogP contribution in [0.25, 0.3) is 6.08 Å². The number of aryl methyl sites for hydroxylation is 1. The zero-order valence-electron chi connectivity index (χ0n) is 16.8. The van der Waals surface area contributed by atoms with Crippen LogP contribution in [0.15, 0.2) is 42.5 Å². The lowest BCUT2D eigenvalue weighted by atomic mass is 10.2. The summed E-state index contributed by atoms with van der Waals surface area (Å²) in [5, 5.41) is 11.1. The maximum atomic E-state index is 13.6. The molecule has 1 amide bonds. The molecule has 7 nitrogen and oxygen atoms in total. The molecule has 0 aromatic heterocycles. The molecule has 0 aliphatic heterocycles. The number of nitrogens with zero attached hydrogens (tertiary/aromatic N) is 1. The second-order valence-corrected chi connectivity index (χ2v) is 6.22. The smallest absolute Gasteiger partial charge is 0.331 e. The first-order valence-corrected chi connectivity index (χ1v) is 8.97. The maximum Gasteiger partial charge on any atom is 0.331 e. The molecule has 0 saturated heterocycles. The van der Waals surface area contributed by atoms with Gasteiger partial charge in [-0.1, -0.05) is 12.1 Å². The van der Waals surface area contributed by atoms with Gasteiger partial charge in [-0.3, -0.25) is 4.79 Å². The van der Waals surface area contributed by atoms with Crippen LogP contribution in [-0.4, -0.2) is 31.7 Å². The van der Waals surface area contributed by atoms with E-state index in [2.05, 4.69) is 5.32 Å². The molecule has 8 heteroatoms. The molecule has 0 radical (unpaired) electrons. The summed E-state index contributed by atoms with van der Waals surface area (Å²) in [5.41, 5.74) is 1.35. The fourth-order valence-electron chi connectivity index (χ4n) is 2.36. The van der Waals surface area contributed by atoms with Gasteiger partial charge in [0.05, 0.1) is 7.11 Å². The van der Waals surface area contributed by atoms with Gasteiger partial charge >= 0.3 is 5.97 Å². The van der Waals surface area contributed by atoms with E-state index in [-0.39, 0.29) is 12.3 Å². The monoisotopic (exact) mass is 412 g/mol. The Labute approximate surface area is 173 Å². The van der Waals surface area contributed by atoms with Gasteiger partial charge in [-0.2, -0.15) is 5.26 Å². The lowest BCUT2D eigenvalue weighted by molar-refractivity contribution is -0.148. The Balaban J connectivity index is 1.95. The summed E-state index contributed by atoms with van der Waals surface area (Å²) >= 11 is 0. The van der Waals surface area contributed by atoms with Crippen LogP contribution in [0, 0.1) is 24.1 Å². The summed E-state index contributed by atoms with van der Waals surface area (Å²) in [6, 6.07) is 11.1. The third-order valence-electron chi connectivity index (χ3n) is 3.99. The predicted molar refractivity (Wildman–Crippen MR) is 108 cm³/mol. The molecule has 0 heterocycles. The Kier molecular flexibility index (Phi) is 7.94. The molecule has 0 saturated carbocycles. The number of methoxy groups -OCH3 is 1. The Bertz CT molecular complexity index is 998. The average Bonchev–Trinajstić information content (AvgIpc) is 2.73. The van der Waals surface area contributed by atoms with E-state index in [1.54, 1.807) is 31.2 Å². The Hall–Kier alpha value is -3.86. The highest BCUT2D eigenvalue weighted by atomic mass is 19.1. The van der Waals surface area contributed by atoms with Crippen LogP contribution >= 0.6 is 0 Å². The minimum atomic E-state index is -1.08. The Morgan fingerprint density at radius 1 is 1.23 bits per heavy atom. The summed E-state index contributed by atoms with van der Waals surface area (Å²) in [5.74, 6) is -0.951. The normalized spacial score (nSPS) is 11.4. The maximum absolute atomic E-state index is 13.6. The van der Waals surface area contributed by atoms with E-state index in [0.717, 1.165) is 0 Å².